The van der Waals surface area contributed by atoms with E-state index in [4.69, 9.17) is 0 Å². The monoisotopic (exact) mass is 599 g/mol. The van der Waals surface area contributed by atoms with Crippen LogP contribution in [0.1, 0.15) is 120 Å². The van der Waals surface area contributed by atoms with E-state index in [-0.39, 0.29) is 9.13 Å². The molecule has 1 amide bonds. The van der Waals surface area contributed by atoms with E-state index in [9.17, 15) is 21.0 Å². The van der Waals surface area contributed by atoms with E-state index in [1.54, 1.807) is 0 Å². The van der Waals surface area contributed by atoms with E-state index in [1.165, 1.54) is 95.6 Å². The highest BCUT2D eigenvalue weighted by molar-refractivity contribution is 14.1. The second-order valence-electron chi connectivity index (χ2n) is 8.80. The molecule has 0 fully saturated rings. The average molecular weight is 600 g/mol. The van der Waals surface area contributed by atoms with Gasteiger partial charge in [-0.3, -0.25) is 7.86 Å². The van der Waals surface area contributed by atoms with Gasteiger partial charge in [-0.2, -0.15) is 0 Å². The molecule has 0 saturated carbocycles. The van der Waals surface area contributed by atoms with Gasteiger partial charge in [-0.1, -0.05) is 109 Å². The third kappa shape index (κ3) is 14.9. The van der Waals surface area contributed by atoms with Crippen LogP contribution in [0, 0.1) is 3.57 Å². The minimum absolute atomic E-state index is 0.0129. The number of rotatable bonds is 20. The summed E-state index contributed by atoms with van der Waals surface area (Å²) >= 11 is -2.00. The third-order valence-electron chi connectivity index (χ3n) is 5.83. The Labute approximate surface area is 213 Å². The average Bonchev–Trinajstić information content (AvgIpc) is 2.79. The van der Waals surface area contributed by atoms with E-state index in [0.717, 1.165) is 25.3 Å². The smallest absolute Gasteiger partial charge is 0.405 e. The Kier molecular flexibility index (Phi) is 17.3. The molecule has 4 nitrogen and oxygen atoms in total. The summed E-state index contributed by atoms with van der Waals surface area (Å²) in [6.45, 7) is 2.69. The van der Waals surface area contributed by atoms with Crippen molar-refractivity contribution in [3.05, 3.63) is 27.3 Å². The quantitative estimate of drug-likeness (QED) is 0.120. The van der Waals surface area contributed by atoms with Gasteiger partial charge in [0.25, 0.3) is 5.91 Å². The fraction of sp³-hybridized carbons (Fsp3) is 0.731. The number of carbonyl (C=O) groups excluding carboxylic acids is 1. The van der Waals surface area contributed by atoms with Gasteiger partial charge in [0.1, 0.15) is 9.32 Å². The number of hydrogen-bond donors (Lipinski definition) is 1. The number of halogens is 4. The first-order valence-corrected chi connectivity index (χ1v) is 14.8. The zero-order valence-corrected chi connectivity index (χ0v) is 22.6. The molecule has 1 aromatic rings. The lowest BCUT2D eigenvalue weighted by Gasteiger charge is -2.13. The van der Waals surface area contributed by atoms with Crippen molar-refractivity contribution in [1.82, 2.24) is 5.32 Å². The summed E-state index contributed by atoms with van der Waals surface area (Å²) < 4.78 is 52.7. The van der Waals surface area contributed by atoms with E-state index < -0.39 is 39.2 Å². The molecule has 0 aromatic heterocycles. The van der Waals surface area contributed by atoms with Gasteiger partial charge >= 0.3 is 6.36 Å². The van der Waals surface area contributed by atoms with Crippen LogP contribution in [0.4, 0.5) is 13.2 Å². The predicted molar refractivity (Wildman–Crippen MR) is 138 cm³/mol. The lowest BCUT2D eigenvalue weighted by Crippen LogP contribution is -2.26. The largest absolute Gasteiger partial charge is 0.573 e. The maximum atomic E-state index is 12.5. The summed E-state index contributed by atoms with van der Waals surface area (Å²) in [4.78, 5) is 12.3. The van der Waals surface area contributed by atoms with Crippen molar-refractivity contribution in [1.29, 1.82) is 0 Å². The molecule has 0 saturated heterocycles. The van der Waals surface area contributed by atoms with Gasteiger partial charge in [0, 0.05) is 6.54 Å². The van der Waals surface area contributed by atoms with E-state index in [0.29, 0.717) is 6.54 Å². The second kappa shape index (κ2) is 19.1. The fourth-order valence-corrected chi connectivity index (χ4v) is 5.11. The van der Waals surface area contributed by atoms with Gasteiger partial charge in [0.05, 0.1) is 5.56 Å². The molecule has 196 valence electrons. The van der Waals surface area contributed by atoms with Crippen molar-refractivity contribution >= 4 is 27.1 Å². The molecule has 8 heteroatoms. The summed E-state index contributed by atoms with van der Waals surface area (Å²) in [5.41, 5.74) is -0.0129. The summed E-state index contributed by atoms with van der Waals surface area (Å²) in [5, 5.41) is 2.72. The lowest BCUT2D eigenvalue weighted by atomic mass is 10.0. The van der Waals surface area contributed by atoms with Crippen molar-refractivity contribution in [2.45, 2.75) is 116 Å². The molecule has 0 unspecified atom stereocenters. The Balaban J connectivity index is 2.06. The molecular formula is C26H41F3INO3. The highest BCUT2D eigenvalue weighted by Gasteiger charge is 2.33. The normalized spacial score (nSPS) is 11.5. The van der Waals surface area contributed by atoms with Crippen molar-refractivity contribution in [3.63, 3.8) is 0 Å². The first-order valence-electron chi connectivity index (χ1n) is 12.8. The number of alkyl halides is 3. The highest BCUT2D eigenvalue weighted by atomic mass is 127. The standard InChI is InChI=1S/C26H41F3INO3/c1-2-3-4-5-6-7-8-9-10-11-12-13-14-15-16-17-21-31-25(32)22-19-18-20-23(24(22)30-33)34-26(27,28)29/h18-20H,2-17,21H2,1H3,(H,31,32). The molecular weight excluding hydrogens is 558 g/mol. The number of unbranched alkanes of at least 4 members (excludes halogenated alkanes) is 15. The fourth-order valence-electron chi connectivity index (χ4n) is 3.94. The molecule has 1 N–H and O–H groups in total. The van der Waals surface area contributed by atoms with Crippen molar-refractivity contribution in [2.24, 2.45) is 0 Å². The summed E-state index contributed by atoms with van der Waals surface area (Å²) in [5.74, 6) is -1.08. The zero-order chi connectivity index (χ0) is 25.1. The van der Waals surface area contributed by atoms with Gasteiger partial charge in [-0.05, 0) is 18.6 Å². The van der Waals surface area contributed by atoms with E-state index in [1.807, 2.05) is 0 Å². The predicted octanol–water partition coefficient (Wildman–Crippen LogP) is 9.06. The number of benzene rings is 1. The SMILES string of the molecule is CCCCCCCCCCCCCCCCCCNC(=O)c1cccc(OC(F)(F)F)c1I=O. The van der Waals surface area contributed by atoms with Gasteiger partial charge in [0.15, 0.2) is 21.2 Å². The maximum absolute atomic E-state index is 12.5. The van der Waals surface area contributed by atoms with Gasteiger partial charge < -0.3 is 10.1 Å². The van der Waals surface area contributed by atoms with Crippen molar-refractivity contribution < 1.29 is 25.8 Å². The Hall–Kier alpha value is -1.19. The van der Waals surface area contributed by atoms with Crippen LogP contribution in [0.2, 0.25) is 0 Å². The molecule has 0 heterocycles. The van der Waals surface area contributed by atoms with Crippen LogP contribution in [0.15, 0.2) is 18.2 Å². The van der Waals surface area contributed by atoms with Crippen LogP contribution >= 0.6 is 21.2 Å². The van der Waals surface area contributed by atoms with E-state index >= 15 is 0 Å². The van der Waals surface area contributed by atoms with Crippen LogP contribution in [-0.4, -0.2) is 18.8 Å². The number of amides is 1. The summed E-state index contributed by atoms with van der Waals surface area (Å²) in [6, 6.07) is 3.75. The first-order chi connectivity index (χ1) is 16.4. The molecule has 0 aliphatic carbocycles. The number of hydrogen-bond acceptors (Lipinski definition) is 3. The Morgan fingerprint density at radius 1 is 0.824 bits per heavy atom. The molecule has 1 aromatic carbocycles. The van der Waals surface area contributed by atoms with E-state index in [2.05, 4.69) is 17.0 Å². The molecule has 0 atom stereocenters. The second-order valence-corrected chi connectivity index (χ2v) is 10.3. The molecule has 1 rings (SSSR count). The van der Waals surface area contributed by atoms with Crippen molar-refractivity contribution in [3.8, 4) is 5.75 Å². The minimum Gasteiger partial charge on any atom is -0.405 e. The Morgan fingerprint density at radius 2 is 1.29 bits per heavy atom. The lowest BCUT2D eigenvalue weighted by molar-refractivity contribution is -0.275. The molecule has 0 aliphatic heterocycles. The van der Waals surface area contributed by atoms with Crippen LogP contribution in [0.5, 0.6) is 5.75 Å². The zero-order valence-electron chi connectivity index (χ0n) is 20.5. The molecule has 0 spiro atoms. The third-order valence-corrected chi connectivity index (χ3v) is 7.38. The maximum Gasteiger partial charge on any atom is 0.573 e. The Morgan fingerprint density at radius 3 is 1.74 bits per heavy atom. The molecule has 0 radical (unpaired) electrons. The number of ether oxygens (including phenoxy) is 1. The van der Waals surface area contributed by atoms with Gasteiger partial charge in [-0.25, -0.2) is 0 Å². The van der Waals surface area contributed by atoms with Gasteiger partial charge in [0.2, 0.25) is 0 Å². The molecule has 0 aliphatic rings. The topological polar surface area (TPSA) is 55.4 Å². The van der Waals surface area contributed by atoms with Crippen molar-refractivity contribution in [2.75, 3.05) is 6.54 Å². The van der Waals surface area contributed by atoms with Crippen LogP contribution in [0.3, 0.4) is 0 Å². The molecule has 0 bridgehead atoms. The van der Waals surface area contributed by atoms with Crippen LogP contribution < -0.4 is 10.1 Å². The first kappa shape index (κ1) is 30.8. The Bertz CT molecular complexity index is 698. The van der Waals surface area contributed by atoms with Crippen LogP contribution in [0.25, 0.3) is 0 Å². The van der Waals surface area contributed by atoms with Crippen LogP contribution in [-0.2, 0) is 3.07 Å². The minimum atomic E-state index is -4.89. The summed E-state index contributed by atoms with van der Waals surface area (Å²) in [7, 11) is 0. The highest BCUT2D eigenvalue weighted by Crippen LogP contribution is 2.31. The number of nitrogens with one attached hydrogen (secondary N) is 1. The number of carbonyl (C=O) groups is 1. The summed E-state index contributed by atoms with van der Waals surface area (Å²) in [6.07, 6.45) is 15.3. The van der Waals surface area contributed by atoms with Gasteiger partial charge in [-0.15, -0.1) is 13.2 Å². The molecule has 34 heavy (non-hydrogen) atoms.